The SMILES string of the molecule is CC(C)N(CC1CC1)c1ccc(/C=C/C(=O)O)c(Cl)c1. The summed E-state index contributed by atoms with van der Waals surface area (Å²) in [5.41, 5.74) is 1.83. The van der Waals surface area contributed by atoms with E-state index in [9.17, 15) is 4.79 Å². The fourth-order valence-corrected chi connectivity index (χ4v) is 2.42. The van der Waals surface area contributed by atoms with Gasteiger partial charge in [0.05, 0.1) is 0 Å². The molecule has 4 heteroatoms. The lowest BCUT2D eigenvalue weighted by molar-refractivity contribution is -0.131. The van der Waals surface area contributed by atoms with Crippen LogP contribution >= 0.6 is 11.6 Å². The number of carbonyl (C=O) groups is 1. The van der Waals surface area contributed by atoms with E-state index < -0.39 is 5.97 Å². The molecule has 0 spiro atoms. The minimum Gasteiger partial charge on any atom is -0.478 e. The summed E-state index contributed by atoms with van der Waals surface area (Å²) in [6, 6.07) is 6.23. The van der Waals surface area contributed by atoms with Crippen LogP contribution in [-0.2, 0) is 4.79 Å². The number of nitrogens with zero attached hydrogens (tertiary/aromatic N) is 1. The minimum absolute atomic E-state index is 0.423. The third-order valence-electron chi connectivity index (χ3n) is 3.50. The highest BCUT2D eigenvalue weighted by atomic mass is 35.5. The molecule has 1 aromatic rings. The number of aliphatic carboxylic acids is 1. The van der Waals surface area contributed by atoms with Crippen molar-refractivity contribution in [2.75, 3.05) is 11.4 Å². The molecular formula is C16H20ClNO2. The van der Waals surface area contributed by atoms with E-state index >= 15 is 0 Å². The van der Waals surface area contributed by atoms with Crippen LogP contribution in [0, 0.1) is 5.92 Å². The maximum absolute atomic E-state index is 10.5. The molecule has 20 heavy (non-hydrogen) atoms. The Hall–Kier alpha value is -1.48. The van der Waals surface area contributed by atoms with Gasteiger partial charge in [-0.2, -0.15) is 0 Å². The van der Waals surface area contributed by atoms with E-state index in [0.29, 0.717) is 11.1 Å². The molecule has 108 valence electrons. The fraction of sp³-hybridized carbons (Fsp3) is 0.438. The molecule has 1 aliphatic carbocycles. The summed E-state index contributed by atoms with van der Waals surface area (Å²) in [5, 5.41) is 9.23. The second-order valence-corrected chi connectivity index (χ2v) is 5.97. The number of halogens is 1. The van der Waals surface area contributed by atoms with Gasteiger partial charge in [-0.15, -0.1) is 0 Å². The summed E-state index contributed by atoms with van der Waals surface area (Å²) in [4.78, 5) is 12.9. The van der Waals surface area contributed by atoms with Crippen LogP contribution in [0.4, 0.5) is 5.69 Å². The van der Waals surface area contributed by atoms with E-state index in [1.165, 1.54) is 18.9 Å². The number of carboxylic acid groups (broad SMARTS) is 1. The predicted molar refractivity (Wildman–Crippen MR) is 83.3 cm³/mol. The molecule has 3 nitrogen and oxygen atoms in total. The van der Waals surface area contributed by atoms with Crippen LogP contribution in [0.15, 0.2) is 24.3 Å². The Kier molecular flexibility index (Phi) is 4.71. The van der Waals surface area contributed by atoms with Gasteiger partial charge in [0.1, 0.15) is 0 Å². The Bertz CT molecular complexity index is 521. The Labute approximate surface area is 124 Å². The maximum atomic E-state index is 10.5. The van der Waals surface area contributed by atoms with Gasteiger partial charge < -0.3 is 10.0 Å². The monoisotopic (exact) mass is 293 g/mol. The van der Waals surface area contributed by atoms with Crippen molar-refractivity contribution in [3.8, 4) is 0 Å². The van der Waals surface area contributed by atoms with E-state index in [-0.39, 0.29) is 0 Å². The van der Waals surface area contributed by atoms with Crippen molar-refractivity contribution in [1.29, 1.82) is 0 Å². The third-order valence-corrected chi connectivity index (χ3v) is 3.82. The van der Waals surface area contributed by atoms with Gasteiger partial charge in [0.15, 0.2) is 0 Å². The molecule has 0 amide bonds. The van der Waals surface area contributed by atoms with Gasteiger partial charge in [0.2, 0.25) is 0 Å². The number of rotatable bonds is 6. The quantitative estimate of drug-likeness (QED) is 0.804. The molecule has 0 heterocycles. The van der Waals surface area contributed by atoms with E-state index in [1.807, 2.05) is 18.2 Å². The predicted octanol–water partition coefficient (Wildman–Crippen LogP) is 4.06. The Morgan fingerprint density at radius 2 is 2.20 bits per heavy atom. The van der Waals surface area contributed by atoms with Crippen molar-refractivity contribution in [2.24, 2.45) is 5.92 Å². The van der Waals surface area contributed by atoms with Crippen molar-refractivity contribution in [3.05, 3.63) is 34.9 Å². The Morgan fingerprint density at radius 1 is 1.50 bits per heavy atom. The summed E-state index contributed by atoms with van der Waals surface area (Å²) >= 11 is 6.24. The first-order chi connectivity index (χ1) is 9.47. The molecule has 0 saturated heterocycles. The largest absolute Gasteiger partial charge is 0.478 e. The summed E-state index contributed by atoms with van der Waals surface area (Å²) in [6.45, 7) is 5.42. The van der Waals surface area contributed by atoms with E-state index in [2.05, 4.69) is 18.7 Å². The first-order valence-electron chi connectivity index (χ1n) is 6.94. The van der Waals surface area contributed by atoms with Gasteiger partial charge in [-0.3, -0.25) is 0 Å². The van der Waals surface area contributed by atoms with E-state index in [0.717, 1.165) is 29.8 Å². The fourth-order valence-electron chi connectivity index (χ4n) is 2.18. The van der Waals surface area contributed by atoms with Crippen LogP contribution in [0.3, 0.4) is 0 Å². The van der Waals surface area contributed by atoms with Crippen molar-refractivity contribution in [3.63, 3.8) is 0 Å². The summed E-state index contributed by atoms with van der Waals surface area (Å²) < 4.78 is 0. The van der Waals surface area contributed by atoms with E-state index in [1.54, 1.807) is 0 Å². The Balaban J connectivity index is 2.19. The first-order valence-corrected chi connectivity index (χ1v) is 7.32. The number of benzene rings is 1. The normalized spacial score (nSPS) is 15.0. The minimum atomic E-state index is -0.970. The summed E-state index contributed by atoms with van der Waals surface area (Å²) in [5.74, 6) is -0.162. The Morgan fingerprint density at radius 3 is 2.70 bits per heavy atom. The number of carboxylic acids is 1. The van der Waals surface area contributed by atoms with Crippen LogP contribution < -0.4 is 4.90 Å². The highest BCUT2D eigenvalue weighted by Gasteiger charge is 2.25. The lowest BCUT2D eigenvalue weighted by atomic mass is 10.1. The second kappa shape index (κ2) is 6.31. The van der Waals surface area contributed by atoms with Crippen molar-refractivity contribution >= 4 is 29.3 Å². The van der Waals surface area contributed by atoms with Crippen molar-refractivity contribution < 1.29 is 9.90 Å². The van der Waals surface area contributed by atoms with Crippen LogP contribution in [-0.4, -0.2) is 23.7 Å². The molecule has 1 N–H and O–H groups in total. The average Bonchev–Trinajstić information content (AvgIpc) is 3.17. The first kappa shape index (κ1) is 14.9. The highest BCUT2D eigenvalue weighted by Crippen LogP contribution is 2.33. The molecule has 0 aliphatic heterocycles. The molecule has 0 aromatic heterocycles. The lowest BCUT2D eigenvalue weighted by Gasteiger charge is -2.29. The zero-order chi connectivity index (χ0) is 14.7. The second-order valence-electron chi connectivity index (χ2n) is 5.57. The van der Waals surface area contributed by atoms with E-state index in [4.69, 9.17) is 16.7 Å². The molecular weight excluding hydrogens is 274 g/mol. The van der Waals surface area contributed by atoms with Crippen molar-refractivity contribution in [1.82, 2.24) is 0 Å². The molecule has 0 radical (unpaired) electrons. The summed E-state index contributed by atoms with van der Waals surface area (Å²) in [7, 11) is 0. The number of anilines is 1. The zero-order valence-electron chi connectivity index (χ0n) is 11.8. The molecule has 0 unspecified atom stereocenters. The number of hydrogen-bond acceptors (Lipinski definition) is 2. The summed E-state index contributed by atoms with van der Waals surface area (Å²) in [6.07, 6.45) is 5.26. The van der Waals surface area contributed by atoms with Gasteiger partial charge in [-0.05, 0) is 56.4 Å². The molecule has 1 aromatic carbocycles. The van der Waals surface area contributed by atoms with Gasteiger partial charge in [0.25, 0.3) is 0 Å². The highest BCUT2D eigenvalue weighted by molar-refractivity contribution is 6.32. The topological polar surface area (TPSA) is 40.5 Å². The molecule has 1 saturated carbocycles. The standard InChI is InChI=1S/C16H20ClNO2/c1-11(2)18(10-12-3-4-12)14-7-5-13(15(17)9-14)6-8-16(19)20/h5-9,11-12H,3-4,10H2,1-2H3,(H,19,20)/b8-6+. The molecule has 2 rings (SSSR count). The zero-order valence-corrected chi connectivity index (χ0v) is 12.6. The maximum Gasteiger partial charge on any atom is 0.328 e. The van der Waals surface area contributed by atoms with Crippen LogP contribution in [0.5, 0.6) is 0 Å². The number of hydrogen-bond donors (Lipinski definition) is 1. The lowest BCUT2D eigenvalue weighted by Crippen LogP contribution is -2.32. The molecule has 1 aliphatic rings. The van der Waals surface area contributed by atoms with Crippen molar-refractivity contribution in [2.45, 2.75) is 32.7 Å². The van der Waals surface area contributed by atoms with Crippen LogP contribution in [0.1, 0.15) is 32.3 Å². The van der Waals surface area contributed by atoms with Gasteiger partial charge in [-0.1, -0.05) is 17.7 Å². The third kappa shape index (κ3) is 4.01. The van der Waals surface area contributed by atoms with Crippen LogP contribution in [0.25, 0.3) is 6.08 Å². The van der Waals surface area contributed by atoms with Gasteiger partial charge in [0, 0.05) is 29.4 Å². The average molecular weight is 294 g/mol. The molecule has 0 atom stereocenters. The molecule has 1 fully saturated rings. The van der Waals surface area contributed by atoms with Gasteiger partial charge >= 0.3 is 5.97 Å². The van der Waals surface area contributed by atoms with Gasteiger partial charge in [-0.25, -0.2) is 4.79 Å². The molecule has 0 bridgehead atoms. The smallest absolute Gasteiger partial charge is 0.328 e. The van der Waals surface area contributed by atoms with Crippen LogP contribution in [0.2, 0.25) is 5.02 Å².